The predicted octanol–water partition coefficient (Wildman–Crippen LogP) is 1.13. The van der Waals surface area contributed by atoms with E-state index in [2.05, 4.69) is 31.0 Å². The van der Waals surface area contributed by atoms with Gasteiger partial charge < -0.3 is 25.2 Å². The van der Waals surface area contributed by atoms with Crippen LogP contribution in [0.5, 0.6) is 0 Å². The number of thioether (sulfide) groups is 1. The minimum atomic E-state index is -1.58. The number of aliphatic hydroxyl groups excluding tert-OH is 1. The van der Waals surface area contributed by atoms with Crippen molar-refractivity contribution in [2.45, 2.75) is 107 Å². The maximum absolute atomic E-state index is 13.4. The van der Waals surface area contributed by atoms with Gasteiger partial charge in [-0.2, -0.15) is 0 Å². The van der Waals surface area contributed by atoms with Crippen LogP contribution in [-0.4, -0.2) is 91.8 Å². The third-order valence-corrected chi connectivity index (χ3v) is 9.45. The number of aromatic nitrogens is 2. The third kappa shape index (κ3) is 11.3. The molecule has 17 nitrogen and oxygen atoms in total. The number of hydrogen-bond donors (Lipinski definition) is 5. The summed E-state index contributed by atoms with van der Waals surface area (Å²) in [6, 6.07) is 6.70. The molecule has 1 aromatic heterocycles. The molecule has 4 rings (SSSR count). The molecule has 0 radical (unpaired) electrons. The highest BCUT2D eigenvalue weighted by Gasteiger charge is 2.40. The Hall–Kier alpha value is -4.48. The van der Waals surface area contributed by atoms with Gasteiger partial charge in [-0.1, -0.05) is 35.4 Å². The van der Waals surface area contributed by atoms with Crippen molar-refractivity contribution in [2.75, 3.05) is 12.4 Å². The highest BCUT2D eigenvalue weighted by molar-refractivity contribution is 8.00. The highest BCUT2D eigenvalue weighted by atomic mass is 32.2. The number of aromatic amines is 1. The summed E-state index contributed by atoms with van der Waals surface area (Å²) in [6.45, 7) is 6.81. The van der Waals surface area contributed by atoms with Crippen molar-refractivity contribution >= 4 is 35.3 Å². The molecule has 18 heteroatoms. The monoisotopic (exact) mass is 728 g/mol. The minimum absolute atomic E-state index is 0.0946. The van der Waals surface area contributed by atoms with E-state index in [9.17, 15) is 33.9 Å². The summed E-state index contributed by atoms with van der Waals surface area (Å²) < 4.78 is 12.4. The van der Waals surface area contributed by atoms with Crippen molar-refractivity contribution in [2.24, 2.45) is 5.11 Å². The van der Waals surface area contributed by atoms with Crippen molar-refractivity contribution in [1.82, 2.24) is 25.5 Å². The van der Waals surface area contributed by atoms with Crippen LogP contribution >= 0.6 is 11.8 Å². The minimum Gasteiger partial charge on any atom is -0.463 e. The molecule has 2 aliphatic heterocycles. The molecule has 2 aliphatic rings. The van der Waals surface area contributed by atoms with E-state index in [4.69, 9.17) is 15.0 Å². The van der Waals surface area contributed by atoms with Crippen LogP contribution in [0.2, 0.25) is 0 Å². The molecule has 7 atom stereocenters. The van der Waals surface area contributed by atoms with Gasteiger partial charge in [-0.3, -0.25) is 38.8 Å². The van der Waals surface area contributed by atoms with Crippen LogP contribution < -0.4 is 27.2 Å². The van der Waals surface area contributed by atoms with Gasteiger partial charge in [-0.25, -0.2) is 4.79 Å². The lowest BCUT2D eigenvalue weighted by Gasteiger charge is -2.26. The van der Waals surface area contributed by atoms with E-state index in [1.807, 2.05) is 39.0 Å². The molecule has 276 valence electrons. The molecule has 2 amide bonds. The fourth-order valence-electron chi connectivity index (χ4n) is 5.65. The van der Waals surface area contributed by atoms with E-state index in [1.54, 1.807) is 12.1 Å². The number of aliphatic hydroxyl groups is 1. The molecule has 3 heterocycles. The summed E-state index contributed by atoms with van der Waals surface area (Å²) in [5.74, 6) is -1.60. The van der Waals surface area contributed by atoms with Gasteiger partial charge in [0.2, 0.25) is 11.8 Å². The van der Waals surface area contributed by atoms with Crippen LogP contribution in [0.1, 0.15) is 63.8 Å². The number of benzene rings is 1. The topological polar surface area (TPSA) is 247 Å². The van der Waals surface area contributed by atoms with Crippen LogP contribution in [0, 0.1) is 6.92 Å². The van der Waals surface area contributed by atoms with Crippen LogP contribution in [-0.2, 0) is 35.1 Å². The SMILES string of the molecule is Cc1cn([C@H]2C[C@H](N=[N+]=[N-])[C@@H](COC(=O)CCCC(=O)N[C@@H](Cc3ccccc3)[C@H](O)C(=O)C3N[C@H](C(=O)NC(C)(C)C)CS3)O2)c(=O)[nH]c1=O. The van der Waals surface area contributed by atoms with Gasteiger partial charge >= 0.3 is 11.7 Å². The first kappa shape index (κ1) is 39.3. The normalized spacial score (nSPS) is 22.7. The zero-order valence-corrected chi connectivity index (χ0v) is 29.7. The Labute approximate surface area is 297 Å². The first-order valence-electron chi connectivity index (χ1n) is 16.6. The number of hydrogen-bond acceptors (Lipinski definition) is 12. The Balaban J connectivity index is 1.29. The van der Waals surface area contributed by atoms with Crippen LogP contribution in [0.3, 0.4) is 0 Å². The average Bonchev–Trinajstić information content (AvgIpc) is 3.72. The molecule has 2 saturated heterocycles. The number of nitrogens with zero attached hydrogens (tertiary/aromatic N) is 4. The fraction of sp³-hybridized carbons (Fsp3) is 0.576. The Morgan fingerprint density at radius 1 is 1.20 bits per heavy atom. The number of nitrogens with one attached hydrogen (secondary N) is 4. The Kier molecular flexibility index (Phi) is 13.6. The highest BCUT2D eigenvalue weighted by Crippen LogP contribution is 2.30. The molecule has 2 fully saturated rings. The molecule has 1 aromatic carbocycles. The van der Waals surface area contributed by atoms with Gasteiger partial charge in [0, 0.05) is 47.2 Å². The molecule has 0 bridgehead atoms. The standard InChI is InChI=1S/C33H44N8O9S/c1-18-15-41(32(48)37-29(18)46)25-14-20(39-40-34)23(50-25)16-49-26(43)12-8-11-24(42)35-21(13-19-9-6-5-7-10-19)27(44)28(45)31-36-22(17-51-31)30(47)38-33(2,3)4/h5-7,9-10,15,20-23,25,27,31,36,44H,8,11-14,16-17H2,1-4H3,(H,35,42)(H,38,47)(H,37,46,48)/t20-,21-,22-,23+,25+,27-,31?/m0/s1. The number of carbonyl (C=O) groups is 4. The zero-order chi connectivity index (χ0) is 37.3. The number of esters is 1. The van der Waals surface area contributed by atoms with Crippen molar-refractivity contribution in [1.29, 1.82) is 0 Å². The molecule has 0 spiro atoms. The summed E-state index contributed by atoms with van der Waals surface area (Å²) >= 11 is 1.21. The number of ether oxygens (including phenoxy) is 2. The molecule has 1 unspecified atom stereocenters. The van der Waals surface area contributed by atoms with Gasteiger partial charge in [-0.05, 0) is 51.6 Å². The van der Waals surface area contributed by atoms with Crippen molar-refractivity contribution in [3.8, 4) is 0 Å². The van der Waals surface area contributed by atoms with E-state index in [-0.39, 0.29) is 50.2 Å². The molecular formula is C33H44N8O9S. The van der Waals surface area contributed by atoms with Gasteiger partial charge in [0.1, 0.15) is 30.4 Å². The third-order valence-electron chi connectivity index (χ3n) is 8.23. The number of H-pyrrole nitrogens is 1. The number of rotatable bonds is 15. The molecule has 0 aliphatic carbocycles. The van der Waals surface area contributed by atoms with Crippen molar-refractivity contribution in [3.63, 3.8) is 0 Å². The summed E-state index contributed by atoms with van der Waals surface area (Å²) in [5.41, 5.74) is 8.38. The zero-order valence-electron chi connectivity index (χ0n) is 28.9. The van der Waals surface area contributed by atoms with E-state index < -0.39 is 76.4 Å². The predicted molar refractivity (Wildman–Crippen MR) is 186 cm³/mol. The van der Waals surface area contributed by atoms with Gasteiger partial charge in [-0.15, -0.1) is 11.8 Å². The Morgan fingerprint density at radius 2 is 1.92 bits per heavy atom. The largest absolute Gasteiger partial charge is 0.463 e. The number of carbonyl (C=O) groups excluding carboxylic acids is 4. The second-order valence-corrected chi connectivity index (χ2v) is 14.7. The van der Waals surface area contributed by atoms with E-state index >= 15 is 0 Å². The molecule has 0 saturated carbocycles. The summed E-state index contributed by atoms with van der Waals surface area (Å²) in [5, 5.41) is 22.6. The van der Waals surface area contributed by atoms with E-state index in [0.29, 0.717) is 5.75 Å². The maximum atomic E-state index is 13.4. The molecule has 2 aromatic rings. The molecular weight excluding hydrogens is 684 g/mol. The number of Topliss-reactive ketones (excluding diaryl/α,β-unsaturated/α-hetero) is 1. The van der Waals surface area contributed by atoms with Gasteiger partial charge in [0.15, 0.2) is 5.78 Å². The maximum Gasteiger partial charge on any atom is 0.330 e. The lowest BCUT2D eigenvalue weighted by Crippen LogP contribution is -2.54. The quantitative estimate of drug-likeness (QED) is 0.0753. The first-order valence-corrected chi connectivity index (χ1v) is 17.6. The van der Waals surface area contributed by atoms with Crippen molar-refractivity contribution < 1.29 is 33.8 Å². The average molecular weight is 729 g/mol. The van der Waals surface area contributed by atoms with Crippen molar-refractivity contribution in [3.05, 3.63) is 78.9 Å². The fourth-order valence-corrected chi connectivity index (χ4v) is 6.85. The smallest absolute Gasteiger partial charge is 0.330 e. The second kappa shape index (κ2) is 17.6. The van der Waals surface area contributed by atoms with E-state index in [1.165, 1.54) is 29.4 Å². The second-order valence-electron chi connectivity index (χ2n) is 13.5. The van der Waals surface area contributed by atoms with E-state index in [0.717, 1.165) is 5.56 Å². The lowest BCUT2D eigenvalue weighted by atomic mass is 9.97. The van der Waals surface area contributed by atoms with Gasteiger partial charge in [0.25, 0.3) is 5.56 Å². The Morgan fingerprint density at radius 3 is 2.61 bits per heavy atom. The number of amides is 2. The Bertz CT molecular complexity index is 1740. The number of ketones is 1. The van der Waals surface area contributed by atoms with Gasteiger partial charge in [0.05, 0.1) is 18.1 Å². The molecule has 51 heavy (non-hydrogen) atoms. The summed E-state index contributed by atoms with van der Waals surface area (Å²) in [4.78, 5) is 80.6. The number of azide groups is 1. The van der Waals surface area contributed by atoms with Crippen LogP contribution in [0.4, 0.5) is 0 Å². The summed E-state index contributed by atoms with van der Waals surface area (Å²) in [6.07, 6.45) is -1.84. The number of aryl methyl sites for hydroxylation is 1. The molecule has 5 N–H and O–H groups in total. The van der Waals surface area contributed by atoms with Crippen LogP contribution in [0.15, 0.2) is 51.2 Å². The summed E-state index contributed by atoms with van der Waals surface area (Å²) in [7, 11) is 0. The first-order chi connectivity index (χ1) is 24.1. The lowest BCUT2D eigenvalue weighted by molar-refractivity contribution is -0.148. The van der Waals surface area contributed by atoms with Crippen LogP contribution in [0.25, 0.3) is 10.4 Å².